The van der Waals surface area contributed by atoms with Crippen LogP contribution in [0.15, 0.2) is 71.7 Å². The minimum atomic E-state index is -0.274. The predicted molar refractivity (Wildman–Crippen MR) is 157 cm³/mol. The maximum absolute atomic E-state index is 13.2. The highest BCUT2D eigenvalue weighted by atomic mass is 16.5. The quantitative estimate of drug-likeness (QED) is 0.198. The normalized spacial score (nSPS) is 13.7. The van der Waals surface area contributed by atoms with Crippen molar-refractivity contribution < 1.29 is 19.1 Å². The number of unbranched alkanes of at least 4 members (excludes halogenated alkanes) is 3. The molecule has 0 fully saturated rings. The molecule has 39 heavy (non-hydrogen) atoms. The Hall–Kier alpha value is -3.93. The molecule has 0 bridgehead atoms. The average molecular weight is 527 g/mol. The van der Waals surface area contributed by atoms with Crippen LogP contribution in [0.1, 0.15) is 84.7 Å². The van der Waals surface area contributed by atoms with E-state index in [4.69, 9.17) is 14.5 Å². The molecule has 1 N–H and O–H groups in total. The van der Waals surface area contributed by atoms with E-state index in [9.17, 15) is 9.59 Å². The summed E-state index contributed by atoms with van der Waals surface area (Å²) in [6.45, 7) is 7.03. The zero-order valence-corrected chi connectivity index (χ0v) is 23.4. The van der Waals surface area contributed by atoms with Crippen molar-refractivity contribution in [1.29, 1.82) is 0 Å². The van der Waals surface area contributed by atoms with Gasteiger partial charge in [0, 0.05) is 22.4 Å². The van der Waals surface area contributed by atoms with Gasteiger partial charge in [-0.2, -0.15) is 0 Å². The van der Waals surface area contributed by atoms with E-state index < -0.39 is 0 Å². The summed E-state index contributed by atoms with van der Waals surface area (Å²) in [6, 6.07) is 20.1. The van der Waals surface area contributed by atoms with Crippen molar-refractivity contribution in [2.75, 3.05) is 19.0 Å². The Morgan fingerprint density at radius 3 is 2.28 bits per heavy atom. The highest BCUT2D eigenvalue weighted by molar-refractivity contribution is 6.17. The molecule has 6 nitrogen and oxygen atoms in total. The van der Waals surface area contributed by atoms with E-state index in [1.54, 1.807) is 43.5 Å². The molecule has 3 aromatic rings. The maximum Gasteiger partial charge on any atom is 0.255 e. The summed E-state index contributed by atoms with van der Waals surface area (Å²) in [5.74, 6) is 1.27. The van der Waals surface area contributed by atoms with Crippen molar-refractivity contribution in [2.24, 2.45) is 4.99 Å². The van der Waals surface area contributed by atoms with Crippen molar-refractivity contribution in [2.45, 2.75) is 64.8 Å². The average Bonchev–Trinajstić information content (AvgIpc) is 2.93. The minimum absolute atomic E-state index is 0.0246. The molecular weight excluding hydrogens is 488 g/mol. The number of benzene rings is 3. The fraction of sp³-hybridized carbons (Fsp3) is 0.364. The number of fused-ring (bicyclic) bond motifs is 1. The minimum Gasteiger partial charge on any atom is -0.497 e. The number of nitrogens with one attached hydrogen (secondary N) is 1. The number of hydrogen-bond donors (Lipinski definition) is 1. The van der Waals surface area contributed by atoms with Crippen molar-refractivity contribution in [3.05, 3.63) is 89.0 Å². The summed E-state index contributed by atoms with van der Waals surface area (Å²) in [5.41, 5.74) is 4.38. The van der Waals surface area contributed by atoms with Gasteiger partial charge in [0.05, 0.1) is 31.4 Å². The van der Waals surface area contributed by atoms with E-state index in [2.05, 4.69) is 32.2 Å². The first kappa shape index (κ1) is 28.1. The van der Waals surface area contributed by atoms with Crippen molar-refractivity contribution >= 4 is 23.1 Å². The monoisotopic (exact) mass is 526 g/mol. The van der Waals surface area contributed by atoms with Gasteiger partial charge in [0.25, 0.3) is 5.91 Å². The Bertz CT molecular complexity index is 1320. The summed E-state index contributed by atoms with van der Waals surface area (Å²) >= 11 is 0. The SMILES string of the molecule is CCCCCCOc1ccc(C(=O)Nc2ccc(C(=O)CC3=NC(C)(C)Cc4ccc(OC)cc43)cc2)cc1. The molecule has 1 aliphatic rings. The van der Waals surface area contributed by atoms with Crippen LogP contribution in [0.4, 0.5) is 5.69 Å². The van der Waals surface area contributed by atoms with Gasteiger partial charge in [0.2, 0.25) is 0 Å². The van der Waals surface area contributed by atoms with Gasteiger partial charge in [-0.05, 0) is 92.9 Å². The molecule has 204 valence electrons. The van der Waals surface area contributed by atoms with Gasteiger partial charge in [-0.15, -0.1) is 0 Å². The molecule has 6 heteroatoms. The van der Waals surface area contributed by atoms with Gasteiger partial charge in [-0.1, -0.05) is 32.3 Å². The highest BCUT2D eigenvalue weighted by Crippen LogP contribution is 2.31. The number of anilines is 1. The third kappa shape index (κ3) is 7.56. The summed E-state index contributed by atoms with van der Waals surface area (Å²) in [6.07, 6.45) is 5.62. The molecule has 1 heterocycles. The van der Waals surface area contributed by atoms with E-state index in [0.717, 1.165) is 42.0 Å². The molecule has 0 radical (unpaired) electrons. The Morgan fingerprint density at radius 2 is 1.59 bits per heavy atom. The number of rotatable bonds is 12. The van der Waals surface area contributed by atoms with Crippen LogP contribution in [-0.4, -0.2) is 36.7 Å². The number of ether oxygens (including phenoxy) is 2. The summed E-state index contributed by atoms with van der Waals surface area (Å²) in [5, 5.41) is 2.90. The van der Waals surface area contributed by atoms with Gasteiger partial charge in [0.15, 0.2) is 5.78 Å². The maximum atomic E-state index is 13.2. The second-order valence-electron chi connectivity index (χ2n) is 10.6. The Morgan fingerprint density at radius 1 is 0.897 bits per heavy atom. The molecular formula is C33H38N2O4. The number of amides is 1. The van der Waals surface area contributed by atoms with E-state index >= 15 is 0 Å². The number of ketones is 1. The molecule has 0 spiro atoms. The van der Waals surface area contributed by atoms with Gasteiger partial charge >= 0.3 is 0 Å². The number of carbonyl (C=O) groups is 2. The van der Waals surface area contributed by atoms with Crippen LogP contribution < -0.4 is 14.8 Å². The Labute approximate surface area is 231 Å². The zero-order valence-electron chi connectivity index (χ0n) is 23.4. The van der Waals surface area contributed by atoms with Crippen molar-refractivity contribution in [3.63, 3.8) is 0 Å². The second-order valence-corrected chi connectivity index (χ2v) is 10.6. The fourth-order valence-corrected chi connectivity index (χ4v) is 4.79. The molecule has 0 saturated heterocycles. The molecule has 0 saturated carbocycles. The fourth-order valence-electron chi connectivity index (χ4n) is 4.79. The lowest BCUT2D eigenvalue weighted by atomic mass is 9.85. The lowest BCUT2D eigenvalue weighted by Crippen LogP contribution is -2.30. The molecule has 1 aliphatic heterocycles. The number of carbonyl (C=O) groups excluding carboxylic acids is 2. The smallest absolute Gasteiger partial charge is 0.255 e. The molecule has 0 aromatic heterocycles. The molecule has 4 rings (SSSR count). The summed E-state index contributed by atoms with van der Waals surface area (Å²) in [4.78, 5) is 30.8. The van der Waals surface area contributed by atoms with E-state index in [1.165, 1.54) is 18.4 Å². The number of hydrogen-bond acceptors (Lipinski definition) is 5. The molecule has 0 unspecified atom stereocenters. The zero-order chi connectivity index (χ0) is 27.8. The number of methoxy groups -OCH3 is 1. The molecule has 0 atom stereocenters. The first-order chi connectivity index (χ1) is 18.8. The third-order valence-electron chi connectivity index (χ3n) is 6.86. The van der Waals surface area contributed by atoms with E-state index in [1.807, 2.05) is 24.3 Å². The van der Waals surface area contributed by atoms with Crippen molar-refractivity contribution in [3.8, 4) is 11.5 Å². The lowest BCUT2D eigenvalue weighted by Gasteiger charge is -2.29. The first-order valence-corrected chi connectivity index (χ1v) is 13.7. The summed E-state index contributed by atoms with van der Waals surface area (Å²) in [7, 11) is 1.64. The predicted octanol–water partition coefficient (Wildman–Crippen LogP) is 7.30. The number of nitrogens with zero attached hydrogens (tertiary/aromatic N) is 1. The van der Waals surface area contributed by atoms with Gasteiger partial charge < -0.3 is 14.8 Å². The van der Waals surface area contributed by atoms with Crippen LogP contribution in [0.25, 0.3) is 0 Å². The van der Waals surface area contributed by atoms with Crippen LogP contribution in [0, 0.1) is 0 Å². The van der Waals surface area contributed by atoms with Crippen LogP contribution in [0.3, 0.4) is 0 Å². The Kier molecular flexibility index (Phi) is 9.18. The third-order valence-corrected chi connectivity index (χ3v) is 6.86. The highest BCUT2D eigenvalue weighted by Gasteiger charge is 2.28. The van der Waals surface area contributed by atoms with Crippen LogP contribution in [-0.2, 0) is 6.42 Å². The van der Waals surface area contributed by atoms with E-state index in [0.29, 0.717) is 23.4 Å². The Balaban J connectivity index is 1.36. The number of aliphatic imine (C=N–C) groups is 1. The van der Waals surface area contributed by atoms with Crippen LogP contribution in [0.2, 0.25) is 0 Å². The molecule has 0 aliphatic carbocycles. The van der Waals surface area contributed by atoms with Gasteiger partial charge in [0.1, 0.15) is 11.5 Å². The molecule has 3 aromatic carbocycles. The van der Waals surface area contributed by atoms with Crippen LogP contribution >= 0.6 is 0 Å². The topological polar surface area (TPSA) is 77.0 Å². The first-order valence-electron chi connectivity index (χ1n) is 13.7. The lowest BCUT2D eigenvalue weighted by molar-refractivity contribution is 0.0998. The second kappa shape index (κ2) is 12.7. The van der Waals surface area contributed by atoms with Crippen molar-refractivity contribution in [1.82, 2.24) is 0 Å². The van der Waals surface area contributed by atoms with Gasteiger partial charge in [-0.25, -0.2) is 0 Å². The largest absolute Gasteiger partial charge is 0.497 e. The number of Topliss-reactive ketones (excluding diaryl/α,β-unsaturated/α-hetero) is 1. The van der Waals surface area contributed by atoms with Gasteiger partial charge in [-0.3, -0.25) is 14.6 Å². The molecule has 1 amide bonds. The standard InChI is InChI=1S/C33H38N2O4/c1-5-6-7-8-19-39-27-16-11-24(12-17-27)32(37)34-26-14-9-23(10-15-26)31(36)21-30-29-20-28(38-4)18-13-25(29)22-33(2,3)35-30/h9-18,20H,5-8,19,21-22H2,1-4H3,(H,34,37). The van der Waals surface area contributed by atoms with E-state index in [-0.39, 0.29) is 23.7 Å². The van der Waals surface area contributed by atoms with Crippen LogP contribution in [0.5, 0.6) is 11.5 Å². The summed E-state index contributed by atoms with van der Waals surface area (Å²) < 4.78 is 11.2.